The first-order valence-corrected chi connectivity index (χ1v) is 10.7. The highest BCUT2D eigenvalue weighted by Crippen LogP contribution is 2.21. The lowest BCUT2D eigenvalue weighted by atomic mass is 10.2. The van der Waals surface area contributed by atoms with Gasteiger partial charge >= 0.3 is 12.0 Å². The number of carbonyl (C=O) groups excluding carboxylic acids is 3. The van der Waals surface area contributed by atoms with Crippen molar-refractivity contribution in [1.29, 1.82) is 0 Å². The van der Waals surface area contributed by atoms with E-state index in [1.54, 1.807) is 12.1 Å². The van der Waals surface area contributed by atoms with Crippen molar-refractivity contribution in [2.75, 3.05) is 19.7 Å². The molecule has 1 saturated heterocycles. The second-order valence-electron chi connectivity index (χ2n) is 6.52. The average molecular weight is 435 g/mol. The molecular formula is C19H21N3O7S. The summed E-state index contributed by atoms with van der Waals surface area (Å²) in [6.45, 7) is 0.395. The molecule has 2 heterocycles. The van der Waals surface area contributed by atoms with Crippen molar-refractivity contribution in [2.24, 2.45) is 0 Å². The molecule has 30 heavy (non-hydrogen) atoms. The van der Waals surface area contributed by atoms with Crippen LogP contribution in [0.5, 0.6) is 0 Å². The lowest BCUT2D eigenvalue weighted by Gasteiger charge is -2.15. The number of hydrogen-bond donors (Lipinski definition) is 2. The number of imide groups is 1. The van der Waals surface area contributed by atoms with Gasteiger partial charge in [-0.2, -0.15) is 4.31 Å². The van der Waals surface area contributed by atoms with Crippen LogP contribution in [-0.2, 0) is 26.1 Å². The van der Waals surface area contributed by atoms with Crippen LogP contribution in [0.1, 0.15) is 29.0 Å². The van der Waals surface area contributed by atoms with Gasteiger partial charge in [-0.3, -0.25) is 10.1 Å². The van der Waals surface area contributed by atoms with Gasteiger partial charge in [0, 0.05) is 13.1 Å². The first kappa shape index (κ1) is 21.5. The van der Waals surface area contributed by atoms with E-state index in [2.05, 4.69) is 5.32 Å². The predicted molar refractivity (Wildman–Crippen MR) is 104 cm³/mol. The molecule has 2 N–H and O–H groups in total. The Hall–Kier alpha value is -3.18. The molecule has 1 aromatic carbocycles. The molecule has 1 fully saturated rings. The SMILES string of the molecule is O=C(COC(=O)c1ccc(S(=O)(=O)N2CCCC2)cc1)NC(=O)NCc1ccco1. The van der Waals surface area contributed by atoms with Crippen molar-refractivity contribution in [3.05, 3.63) is 54.0 Å². The number of rotatable bonds is 7. The van der Waals surface area contributed by atoms with E-state index in [1.165, 1.54) is 34.8 Å². The Bertz CT molecular complexity index is 995. The number of ether oxygens (including phenoxy) is 1. The number of sulfonamides is 1. The number of furan rings is 1. The van der Waals surface area contributed by atoms with Gasteiger partial charge in [-0.15, -0.1) is 0 Å². The van der Waals surface area contributed by atoms with E-state index in [4.69, 9.17) is 9.15 Å². The highest BCUT2D eigenvalue weighted by atomic mass is 32.2. The number of benzene rings is 1. The first-order chi connectivity index (χ1) is 14.4. The largest absolute Gasteiger partial charge is 0.467 e. The van der Waals surface area contributed by atoms with E-state index in [9.17, 15) is 22.8 Å². The second kappa shape index (κ2) is 9.55. The normalized spacial score (nSPS) is 14.3. The van der Waals surface area contributed by atoms with Crippen molar-refractivity contribution >= 4 is 27.9 Å². The Morgan fingerprint density at radius 1 is 1.07 bits per heavy atom. The highest BCUT2D eigenvalue weighted by molar-refractivity contribution is 7.89. The monoisotopic (exact) mass is 435 g/mol. The topological polar surface area (TPSA) is 135 Å². The summed E-state index contributed by atoms with van der Waals surface area (Å²) < 4.78 is 36.2. The third-order valence-corrected chi connectivity index (χ3v) is 6.30. The molecule has 1 aromatic heterocycles. The number of amides is 3. The second-order valence-corrected chi connectivity index (χ2v) is 8.46. The number of urea groups is 1. The number of carbonyl (C=O) groups is 3. The van der Waals surface area contributed by atoms with Crippen molar-refractivity contribution in [3.63, 3.8) is 0 Å². The van der Waals surface area contributed by atoms with Gasteiger partial charge in [-0.1, -0.05) is 0 Å². The van der Waals surface area contributed by atoms with Crippen LogP contribution in [-0.4, -0.2) is 50.3 Å². The lowest BCUT2D eigenvalue weighted by Crippen LogP contribution is -2.41. The number of nitrogens with zero attached hydrogens (tertiary/aromatic N) is 1. The van der Waals surface area contributed by atoms with Crippen molar-refractivity contribution in [1.82, 2.24) is 14.9 Å². The minimum absolute atomic E-state index is 0.0884. The van der Waals surface area contributed by atoms with Crippen LogP contribution in [0, 0.1) is 0 Å². The van der Waals surface area contributed by atoms with Crippen LogP contribution in [0.2, 0.25) is 0 Å². The van der Waals surface area contributed by atoms with E-state index in [0.717, 1.165) is 12.8 Å². The fraction of sp³-hybridized carbons (Fsp3) is 0.316. The van der Waals surface area contributed by atoms with E-state index < -0.39 is 34.5 Å². The van der Waals surface area contributed by atoms with E-state index in [1.807, 2.05) is 5.32 Å². The molecule has 0 saturated carbocycles. The molecule has 3 rings (SSSR count). The van der Waals surface area contributed by atoms with Gasteiger partial charge in [-0.05, 0) is 49.2 Å². The van der Waals surface area contributed by atoms with E-state index in [-0.39, 0.29) is 17.0 Å². The van der Waals surface area contributed by atoms with Gasteiger partial charge in [-0.25, -0.2) is 18.0 Å². The number of hydrogen-bond acceptors (Lipinski definition) is 7. The molecule has 10 nitrogen and oxygen atoms in total. The molecule has 11 heteroatoms. The molecule has 0 unspecified atom stereocenters. The zero-order chi connectivity index (χ0) is 21.6. The fourth-order valence-electron chi connectivity index (χ4n) is 2.84. The predicted octanol–water partition coefficient (Wildman–Crippen LogP) is 1.25. The number of nitrogens with one attached hydrogen (secondary N) is 2. The summed E-state index contributed by atoms with van der Waals surface area (Å²) in [5, 5.41) is 4.43. The lowest BCUT2D eigenvalue weighted by molar-refractivity contribution is -0.123. The summed E-state index contributed by atoms with van der Waals surface area (Å²) in [6.07, 6.45) is 3.10. The zero-order valence-corrected chi connectivity index (χ0v) is 16.8. The molecule has 0 radical (unpaired) electrons. The molecule has 160 valence electrons. The molecule has 1 aliphatic heterocycles. The van der Waals surface area contributed by atoms with Gasteiger partial charge in [0.15, 0.2) is 6.61 Å². The minimum Gasteiger partial charge on any atom is -0.467 e. The van der Waals surface area contributed by atoms with Crippen LogP contribution in [0.25, 0.3) is 0 Å². The summed E-state index contributed by atoms with van der Waals surface area (Å²) in [5.41, 5.74) is 0.0884. The molecule has 2 aromatic rings. The third-order valence-electron chi connectivity index (χ3n) is 4.38. The Kier molecular flexibility index (Phi) is 6.85. The van der Waals surface area contributed by atoms with E-state index in [0.29, 0.717) is 18.8 Å². The van der Waals surface area contributed by atoms with Crippen molar-refractivity contribution in [3.8, 4) is 0 Å². The van der Waals surface area contributed by atoms with Crippen LogP contribution >= 0.6 is 0 Å². The Morgan fingerprint density at radius 3 is 2.40 bits per heavy atom. The van der Waals surface area contributed by atoms with E-state index >= 15 is 0 Å². The Morgan fingerprint density at radius 2 is 1.77 bits per heavy atom. The number of esters is 1. The summed E-state index contributed by atoms with van der Waals surface area (Å²) in [4.78, 5) is 35.5. The molecule has 0 aliphatic carbocycles. The van der Waals surface area contributed by atoms with Gasteiger partial charge in [0.1, 0.15) is 5.76 Å². The molecule has 1 aliphatic rings. The molecule has 0 spiro atoms. The standard InChI is InChI=1S/C19H21N3O7S/c23-17(21-19(25)20-12-15-4-3-11-28-15)13-29-18(24)14-5-7-16(8-6-14)30(26,27)22-9-1-2-10-22/h3-8,11H,1-2,9-10,12-13H2,(H2,20,21,23,25). The minimum atomic E-state index is -3.58. The molecule has 0 bridgehead atoms. The molecule has 0 atom stereocenters. The van der Waals surface area contributed by atoms with Gasteiger partial charge in [0.05, 0.1) is 23.3 Å². The fourth-order valence-corrected chi connectivity index (χ4v) is 4.36. The summed E-state index contributed by atoms with van der Waals surface area (Å²) >= 11 is 0. The third kappa shape index (κ3) is 5.45. The van der Waals surface area contributed by atoms with Gasteiger partial charge < -0.3 is 14.5 Å². The van der Waals surface area contributed by atoms with Crippen LogP contribution in [0.4, 0.5) is 4.79 Å². The maximum atomic E-state index is 12.5. The molecular weight excluding hydrogens is 414 g/mol. The first-order valence-electron chi connectivity index (χ1n) is 9.23. The Labute approximate surface area is 173 Å². The average Bonchev–Trinajstić information content (AvgIpc) is 3.45. The zero-order valence-electron chi connectivity index (χ0n) is 16.0. The van der Waals surface area contributed by atoms with Crippen LogP contribution in [0.3, 0.4) is 0 Å². The maximum absolute atomic E-state index is 12.5. The van der Waals surface area contributed by atoms with Crippen molar-refractivity contribution < 1.29 is 32.0 Å². The summed E-state index contributed by atoms with van der Waals surface area (Å²) in [5.74, 6) is -1.11. The van der Waals surface area contributed by atoms with Crippen LogP contribution in [0.15, 0.2) is 52.0 Å². The molecule has 3 amide bonds. The van der Waals surface area contributed by atoms with Gasteiger partial charge in [0.25, 0.3) is 5.91 Å². The van der Waals surface area contributed by atoms with Crippen LogP contribution < -0.4 is 10.6 Å². The summed E-state index contributed by atoms with van der Waals surface area (Å²) in [7, 11) is -3.58. The highest BCUT2D eigenvalue weighted by Gasteiger charge is 2.27. The Balaban J connectivity index is 1.46. The maximum Gasteiger partial charge on any atom is 0.338 e. The summed E-state index contributed by atoms with van der Waals surface area (Å²) in [6, 6.07) is 7.85. The van der Waals surface area contributed by atoms with Crippen molar-refractivity contribution in [2.45, 2.75) is 24.3 Å². The quantitative estimate of drug-likeness (QED) is 0.625. The smallest absolute Gasteiger partial charge is 0.338 e. The van der Waals surface area contributed by atoms with Gasteiger partial charge in [0.2, 0.25) is 10.0 Å².